The molecule has 0 aromatic heterocycles. The van der Waals surface area contributed by atoms with Gasteiger partial charge in [-0.1, -0.05) is 27.7 Å². The Morgan fingerprint density at radius 3 is 1.44 bits per heavy atom. The van der Waals surface area contributed by atoms with Crippen molar-refractivity contribution in [2.75, 3.05) is 19.8 Å². The van der Waals surface area contributed by atoms with Crippen molar-refractivity contribution < 1.29 is 62.2 Å². The lowest BCUT2D eigenvalue weighted by Crippen LogP contribution is -2.40. The maximum atomic E-state index is 12.6. The van der Waals surface area contributed by atoms with Gasteiger partial charge in [-0.25, -0.2) is 9.59 Å². The highest BCUT2D eigenvalue weighted by molar-refractivity contribution is 6.04. The smallest absolute Gasteiger partial charge is 0.347 e. The van der Waals surface area contributed by atoms with Gasteiger partial charge >= 0.3 is 23.9 Å². The molecule has 0 N–H and O–H groups in total. The third-order valence-corrected chi connectivity index (χ3v) is 6.18. The van der Waals surface area contributed by atoms with Crippen LogP contribution in [-0.2, 0) is 62.2 Å². The fraction of sp³-hybridized carbons (Fsp3) is 0.692. The van der Waals surface area contributed by atoms with E-state index in [-0.39, 0.29) is 51.9 Å². The van der Waals surface area contributed by atoms with E-state index in [0.29, 0.717) is 10.1 Å². The van der Waals surface area contributed by atoms with Crippen LogP contribution in [0, 0.1) is 23.7 Å². The topological polar surface area (TPSA) is 189 Å². The summed E-state index contributed by atoms with van der Waals surface area (Å²) in [6, 6.07) is 0. The van der Waals surface area contributed by atoms with Gasteiger partial charge in [-0.3, -0.25) is 28.8 Å². The van der Waals surface area contributed by atoms with Gasteiger partial charge in [-0.05, 0) is 18.8 Å². The quantitative estimate of drug-likeness (QED) is 0.113. The van der Waals surface area contributed by atoms with Crippen LogP contribution in [0.25, 0.3) is 0 Å². The third-order valence-electron chi connectivity index (χ3n) is 6.18. The standard InChI is InChI=1S/C26H36N2O13/c1-14(2)21(25(35)40-27-17(29)6-7-18(27)30)23(33)38-13-12-37-11-10-16(5)39-24(34)22(15(3)4)26(36)41-28-19(31)8-9-20(28)32/h14-16,21-22H,6-13H2,1-5H3. The molecule has 0 radical (unpaired) electrons. The number of hydrogen-bond donors (Lipinski definition) is 0. The molecule has 3 atom stereocenters. The van der Waals surface area contributed by atoms with Gasteiger partial charge in [-0.15, -0.1) is 10.1 Å². The molecule has 2 rings (SSSR count). The zero-order valence-electron chi connectivity index (χ0n) is 23.7. The van der Waals surface area contributed by atoms with Crippen LogP contribution in [-0.4, -0.2) is 83.6 Å². The van der Waals surface area contributed by atoms with Crippen LogP contribution >= 0.6 is 0 Å². The number of imide groups is 2. The summed E-state index contributed by atoms with van der Waals surface area (Å²) >= 11 is 0. The first kappa shape index (κ1) is 33.3. The minimum atomic E-state index is -1.36. The highest BCUT2D eigenvalue weighted by Gasteiger charge is 2.41. The normalized spacial score (nSPS) is 17.6. The number of carbonyl (C=O) groups is 8. The number of amides is 4. The highest BCUT2D eigenvalue weighted by Crippen LogP contribution is 2.21. The Kier molecular flexibility index (Phi) is 12.4. The Morgan fingerprint density at radius 2 is 1.02 bits per heavy atom. The first-order valence-corrected chi connectivity index (χ1v) is 13.3. The van der Waals surface area contributed by atoms with Crippen LogP contribution in [0.1, 0.15) is 66.7 Å². The van der Waals surface area contributed by atoms with Crippen LogP contribution in [0.5, 0.6) is 0 Å². The van der Waals surface area contributed by atoms with E-state index in [1.807, 2.05) is 0 Å². The number of nitrogens with zero attached hydrogens (tertiary/aromatic N) is 2. The first-order valence-electron chi connectivity index (χ1n) is 13.3. The fourth-order valence-corrected chi connectivity index (χ4v) is 3.86. The zero-order chi connectivity index (χ0) is 30.9. The van der Waals surface area contributed by atoms with E-state index < -0.39 is 77.3 Å². The molecule has 41 heavy (non-hydrogen) atoms. The summed E-state index contributed by atoms with van der Waals surface area (Å²) in [6.07, 6.45) is -0.759. The number of hydrogen-bond acceptors (Lipinski definition) is 13. The van der Waals surface area contributed by atoms with Crippen molar-refractivity contribution in [3.8, 4) is 0 Å². The summed E-state index contributed by atoms with van der Waals surface area (Å²) in [4.78, 5) is 106. The van der Waals surface area contributed by atoms with E-state index in [1.54, 1.807) is 34.6 Å². The molecule has 0 aromatic carbocycles. The maximum absolute atomic E-state index is 12.6. The van der Waals surface area contributed by atoms with Crippen molar-refractivity contribution in [3.05, 3.63) is 0 Å². The summed E-state index contributed by atoms with van der Waals surface area (Å²) in [7, 11) is 0. The Hall–Kier alpha value is -3.88. The molecule has 0 aromatic rings. The molecule has 15 nitrogen and oxygen atoms in total. The Morgan fingerprint density at radius 1 is 0.610 bits per heavy atom. The molecule has 3 unspecified atom stereocenters. The molecule has 0 saturated carbocycles. The molecular weight excluding hydrogens is 548 g/mol. The monoisotopic (exact) mass is 584 g/mol. The molecule has 2 aliphatic rings. The van der Waals surface area contributed by atoms with Gasteiger partial charge in [0.1, 0.15) is 12.7 Å². The van der Waals surface area contributed by atoms with Gasteiger partial charge in [0.15, 0.2) is 11.8 Å². The molecule has 0 bridgehead atoms. The average molecular weight is 585 g/mol. The van der Waals surface area contributed by atoms with Crippen molar-refractivity contribution in [1.82, 2.24) is 10.1 Å². The Bertz CT molecular complexity index is 1020. The van der Waals surface area contributed by atoms with E-state index in [9.17, 15) is 38.4 Å². The van der Waals surface area contributed by atoms with E-state index in [1.165, 1.54) is 0 Å². The molecule has 2 aliphatic heterocycles. The van der Waals surface area contributed by atoms with Crippen LogP contribution in [0.15, 0.2) is 0 Å². The zero-order valence-corrected chi connectivity index (χ0v) is 23.7. The van der Waals surface area contributed by atoms with Crippen molar-refractivity contribution in [3.63, 3.8) is 0 Å². The Balaban J connectivity index is 1.72. The lowest BCUT2D eigenvalue weighted by Gasteiger charge is -2.22. The molecule has 4 amide bonds. The van der Waals surface area contributed by atoms with Gasteiger partial charge < -0.3 is 23.9 Å². The van der Waals surface area contributed by atoms with Gasteiger partial charge in [0, 0.05) is 32.1 Å². The van der Waals surface area contributed by atoms with Crippen LogP contribution in [0.4, 0.5) is 0 Å². The van der Waals surface area contributed by atoms with E-state index in [2.05, 4.69) is 0 Å². The molecule has 2 saturated heterocycles. The third kappa shape index (κ3) is 9.33. The lowest BCUT2D eigenvalue weighted by molar-refractivity contribution is -0.204. The van der Waals surface area contributed by atoms with E-state index in [4.69, 9.17) is 23.9 Å². The fourth-order valence-electron chi connectivity index (χ4n) is 3.86. The number of hydroxylamine groups is 4. The molecule has 2 fully saturated rings. The van der Waals surface area contributed by atoms with E-state index in [0.717, 1.165) is 0 Å². The highest BCUT2D eigenvalue weighted by atomic mass is 16.7. The summed E-state index contributed by atoms with van der Waals surface area (Å²) in [5.41, 5.74) is 0. The molecular formula is C26H36N2O13. The predicted octanol–water partition coefficient (Wildman–Crippen LogP) is 0.627. The molecule has 15 heteroatoms. The number of rotatable bonds is 15. The predicted molar refractivity (Wildman–Crippen MR) is 133 cm³/mol. The summed E-state index contributed by atoms with van der Waals surface area (Å²) < 4.78 is 15.8. The molecule has 2 heterocycles. The van der Waals surface area contributed by atoms with Crippen LogP contribution < -0.4 is 0 Å². The van der Waals surface area contributed by atoms with Gasteiger partial charge in [-0.2, -0.15) is 0 Å². The first-order chi connectivity index (χ1) is 19.2. The van der Waals surface area contributed by atoms with E-state index >= 15 is 0 Å². The van der Waals surface area contributed by atoms with Crippen LogP contribution in [0.2, 0.25) is 0 Å². The van der Waals surface area contributed by atoms with Crippen LogP contribution in [0.3, 0.4) is 0 Å². The average Bonchev–Trinajstić information content (AvgIpc) is 3.36. The second-order valence-electron chi connectivity index (χ2n) is 10.2. The van der Waals surface area contributed by atoms with Crippen molar-refractivity contribution >= 4 is 47.5 Å². The largest absolute Gasteiger partial charge is 0.463 e. The van der Waals surface area contributed by atoms with Crippen molar-refractivity contribution in [2.24, 2.45) is 23.7 Å². The summed E-state index contributed by atoms with van der Waals surface area (Å²) in [6.45, 7) is 7.74. The van der Waals surface area contributed by atoms with Gasteiger partial charge in [0.25, 0.3) is 23.6 Å². The number of ether oxygens (including phenoxy) is 3. The summed E-state index contributed by atoms with van der Waals surface area (Å²) in [5.74, 6) is -10.4. The maximum Gasteiger partial charge on any atom is 0.347 e. The van der Waals surface area contributed by atoms with Gasteiger partial charge in [0.2, 0.25) is 0 Å². The molecule has 0 spiro atoms. The second-order valence-corrected chi connectivity index (χ2v) is 10.2. The molecule has 0 aliphatic carbocycles. The number of esters is 2. The lowest BCUT2D eigenvalue weighted by atomic mass is 9.96. The van der Waals surface area contributed by atoms with Crippen molar-refractivity contribution in [2.45, 2.75) is 72.8 Å². The second kappa shape index (κ2) is 15.2. The minimum absolute atomic E-state index is 0.0474. The molecule has 228 valence electrons. The minimum Gasteiger partial charge on any atom is -0.463 e. The Labute approximate surface area is 236 Å². The SMILES string of the molecule is CC(CCOCCOC(=O)C(C(=O)ON1C(=O)CCC1=O)C(C)C)OC(=O)C(C(=O)ON1C(=O)CCC1=O)C(C)C. The number of carbonyl (C=O) groups excluding carboxylic acids is 8. The van der Waals surface area contributed by atoms with Crippen molar-refractivity contribution in [1.29, 1.82) is 0 Å². The summed E-state index contributed by atoms with van der Waals surface area (Å²) in [5, 5.41) is 0.737. The van der Waals surface area contributed by atoms with Gasteiger partial charge in [0.05, 0.1) is 13.2 Å².